The lowest BCUT2D eigenvalue weighted by Gasteiger charge is -2.21. The second kappa shape index (κ2) is 5.74. The van der Waals surface area contributed by atoms with E-state index in [-0.39, 0.29) is 11.9 Å². The first-order valence-corrected chi connectivity index (χ1v) is 7.37. The zero-order chi connectivity index (χ0) is 13.9. The fraction of sp³-hybridized carbons (Fsp3) is 0.571. The molecule has 0 N–H and O–H groups in total. The topological polar surface area (TPSA) is 46.6 Å². The maximum absolute atomic E-state index is 12.1. The van der Waals surface area contributed by atoms with Gasteiger partial charge < -0.3 is 9.64 Å². The number of thiophene rings is 1. The van der Waals surface area contributed by atoms with Crippen LogP contribution in [0.25, 0.3) is 0 Å². The van der Waals surface area contributed by atoms with Crippen molar-refractivity contribution >= 4 is 23.2 Å². The van der Waals surface area contributed by atoms with Gasteiger partial charge in [0, 0.05) is 19.5 Å². The Bertz CT molecular complexity index is 457. The summed E-state index contributed by atoms with van der Waals surface area (Å²) in [6.07, 6.45) is 1.96. The molecule has 104 valence electrons. The van der Waals surface area contributed by atoms with Gasteiger partial charge in [0.15, 0.2) is 0 Å². The monoisotopic (exact) mass is 281 g/mol. The highest BCUT2D eigenvalue weighted by atomic mass is 32.1. The number of likely N-dealkylation sites (tertiary alicyclic amines) is 1. The third-order valence-corrected chi connectivity index (χ3v) is 4.44. The van der Waals surface area contributed by atoms with Crippen molar-refractivity contribution in [1.29, 1.82) is 0 Å². The number of rotatable bonds is 4. The summed E-state index contributed by atoms with van der Waals surface area (Å²) in [4.78, 5) is 25.6. The molecule has 0 radical (unpaired) electrons. The van der Waals surface area contributed by atoms with Gasteiger partial charge in [-0.2, -0.15) is 11.3 Å². The number of hydrogen-bond acceptors (Lipinski definition) is 4. The van der Waals surface area contributed by atoms with E-state index in [1.54, 1.807) is 16.2 Å². The predicted molar refractivity (Wildman–Crippen MR) is 74.0 cm³/mol. The summed E-state index contributed by atoms with van der Waals surface area (Å²) in [5.74, 6) is -0.0977. The van der Waals surface area contributed by atoms with Crippen molar-refractivity contribution in [3.8, 4) is 0 Å². The van der Waals surface area contributed by atoms with Crippen LogP contribution < -0.4 is 0 Å². The minimum Gasteiger partial charge on any atom is -0.469 e. The fourth-order valence-electron chi connectivity index (χ4n) is 2.43. The van der Waals surface area contributed by atoms with Gasteiger partial charge in [0.05, 0.1) is 12.5 Å². The zero-order valence-electron chi connectivity index (χ0n) is 11.3. The number of methoxy groups -OCH3 is 1. The van der Waals surface area contributed by atoms with E-state index in [1.807, 2.05) is 18.4 Å². The van der Waals surface area contributed by atoms with Crippen LogP contribution in [0.5, 0.6) is 0 Å². The Hall–Kier alpha value is -1.36. The summed E-state index contributed by atoms with van der Waals surface area (Å²) >= 11 is 1.64. The van der Waals surface area contributed by atoms with Crippen molar-refractivity contribution < 1.29 is 14.3 Å². The third kappa shape index (κ3) is 3.15. The minimum absolute atomic E-state index is 0.124. The first-order chi connectivity index (χ1) is 9.05. The molecule has 1 amide bonds. The lowest BCUT2D eigenvalue weighted by molar-refractivity contribution is -0.151. The second-order valence-electron chi connectivity index (χ2n) is 5.25. The molecule has 1 aliphatic heterocycles. The Morgan fingerprint density at radius 3 is 2.95 bits per heavy atom. The van der Waals surface area contributed by atoms with Gasteiger partial charge in [-0.15, -0.1) is 0 Å². The molecule has 4 nitrogen and oxygen atoms in total. The number of amides is 1. The number of carbonyl (C=O) groups excluding carboxylic acids is 2. The summed E-state index contributed by atoms with van der Waals surface area (Å²) in [5, 5.41) is 4.08. The second-order valence-corrected chi connectivity index (χ2v) is 6.03. The molecule has 1 atom stereocenters. The van der Waals surface area contributed by atoms with Crippen LogP contribution >= 0.6 is 11.3 Å². The van der Waals surface area contributed by atoms with Gasteiger partial charge in [-0.3, -0.25) is 9.59 Å². The molecule has 0 aliphatic carbocycles. The highest BCUT2D eigenvalue weighted by molar-refractivity contribution is 7.07. The van der Waals surface area contributed by atoms with Crippen LogP contribution in [0.4, 0.5) is 0 Å². The lowest BCUT2D eigenvalue weighted by Crippen LogP contribution is -2.35. The summed E-state index contributed by atoms with van der Waals surface area (Å²) in [6.45, 7) is 2.99. The number of esters is 1. The van der Waals surface area contributed by atoms with Gasteiger partial charge in [-0.25, -0.2) is 0 Å². The fourth-order valence-corrected chi connectivity index (χ4v) is 3.13. The number of nitrogens with zero attached hydrogens (tertiary/aromatic N) is 1. The molecule has 1 aromatic rings. The van der Waals surface area contributed by atoms with Gasteiger partial charge in [-0.05, 0) is 42.2 Å². The Labute approximate surface area is 117 Å². The SMILES string of the molecule is COC(=O)C1(C)CCN(C(=O)CCc2ccsc2)C1. The lowest BCUT2D eigenvalue weighted by atomic mass is 9.90. The number of ether oxygens (including phenoxy) is 1. The summed E-state index contributed by atoms with van der Waals surface area (Å²) in [7, 11) is 1.40. The van der Waals surface area contributed by atoms with E-state index < -0.39 is 5.41 Å². The molecule has 2 heterocycles. The molecule has 0 bridgehead atoms. The van der Waals surface area contributed by atoms with Gasteiger partial charge in [0.2, 0.25) is 5.91 Å². The van der Waals surface area contributed by atoms with Crippen molar-refractivity contribution in [3.63, 3.8) is 0 Å². The maximum atomic E-state index is 12.1. The highest BCUT2D eigenvalue weighted by Crippen LogP contribution is 2.31. The Kier molecular flexibility index (Phi) is 4.24. The van der Waals surface area contributed by atoms with Crippen LogP contribution in [0.3, 0.4) is 0 Å². The summed E-state index contributed by atoms with van der Waals surface area (Å²) < 4.78 is 4.81. The number of hydrogen-bond donors (Lipinski definition) is 0. The Morgan fingerprint density at radius 1 is 1.53 bits per heavy atom. The van der Waals surface area contributed by atoms with Crippen LogP contribution in [0.2, 0.25) is 0 Å². The molecule has 0 aromatic carbocycles. The average molecular weight is 281 g/mol. The van der Waals surface area contributed by atoms with Gasteiger partial charge >= 0.3 is 5.97 Å². The third-order valence-electron chi connectivity index (χ3n) is 3.71. The average Bonchev–Trinajstić information content (AvgIpc) is 3.05. The normalized spacial score (nSPS) is 22.5. The van der Waals surface area contributed by atoms with Crippen molar-refractivity contribution in [1.82, 2.24) is 4.90 Å². The van der Waals surface area contributed by atoms with E-state index in [9.17, 15) is 9.59 Å². The molecule has 19 heavy (non-hydrogen) atoms. The molecule has 0 spiro atoms. The number of aryl methyl sites for hydroxylation is 1. The van der Waals surface area contributed by atoms with E-state index in [0.717, 1.165) is 6.42 Å². The maximum Gasteiger partial charge on any atom is 0.313 e. The van der Waals surface area contributed by atoms with Crippen molar-refractivity contribution in [3.05, 3.63) is 22.4 Å². The molecule has 2 rings (SSSR count). The molecule has 5 heteroatoms. The largest absolute Gasteiger partial charge is 0.469 e. The summed E-state index contributed by atoms with van der Waals surface area (Å²) in [5.41, 5.74) is 0.667. The van der Waals surface area contributed by atoms with Gasteiger partial charge in [0.25, 0.3) is 0 Å². The van der Waals surface area contributed by atoms with Crippen molar-refractivity contribution in [2.45, 2.75) is 26.2 Å². The zero-order valence-corrected chi connectivity index (χ0v) is 12.2. The van der Waals surface area contributed by atoms with Crippen LogP contribution in [-0.2, 0) is 20.7 Å². The highest BCUT2D eigenvalue weighted by Gasteiger charge is 2.42. The Morgan fingerprint density at radius 2 is 2.32 bits per heavy atom. The van der Waals surface area contributed by atoms with Crippen molar-refractivity contribution in [2.75, 3.05) is 20.2 Å². The first kappa shape index (κ1) is 14.1. The Balaban J connectivity index is 1.86. The smallest absolute Gasteiger partial charge is 0.313 e. The van der Waals surface area contributed by atoms with Gasteiger partial charge in [0.1, 0.15) is 0 Å². The summed E-state index contributed by atoms with van der Waals surface area (Å²) in [6, 6.07) is 2.04. The van der Waals surface area contributed by atoms with E-state index in [1.165, 1.54) is 12.7 Å². The standard InChI is InChI=1S/C14H19NO3S/c1-14(13(17)18-2)6-7-15(10-14)12(16)4-3-11-5-8-19-9-11/h5,8-9H,3-4,6-7,10H2,1-2H3. The number of carbonyl (C=O) groups is 2. The van der Waals surface area contributed by atoms with Crippen LogP contribution in [-0.4, -0.2) is 37.0 Å². The molecule has 1 unspecified atom stereocenters. The molecule has 1 saturated heterocycles. The van der Waals surface area contributed by atoms with Gasteiger partial charge in [-0.1, -0.05) is 0 Å². The van der Waals surface area contributed by atoms with E-state index in [4.69, 9.17) is 4.74 Å². The quantitative estimate of drug-likeness (QED) is 0.794. The first-order valence-electron chi connectivity index (χ1n) is 6.42. The molecule has 1 aliphatic rings. The van der Waals surface area contributed by atoms with Crippen LogP contribution in [0.1, 0.15) is 25.3 Å². The minimum atomic E-state index is -0.535. The van der Waals surface area contributed by atoms with E-state index in [2.05, 4.69) is 5.38 Å². The molecule has 1 fully saturated rings. The van der Waals surface area contributed by atoms with E-state index >= 15 is 0 Å². The van der Waals surface area contributed by atoms with Crippen LogP contribution in [0.15, 0.2) is 16.8 Å². The van der Waals surface area contributed by atoms with Crippen LogP contribution in [0, 0.1) is 5.41 Å². The molecule has 0 saturated carbocycles. The molecular formula is C14H19NO3S. The molecular weight excluding hydrogens is 262 g/mol. The van der Waals surface area contributed by atoms with E-state index in [0.29, 0.717) is 25.9 Å². The predicted octanol–water partition coefficient (Wildman–Crippen LogP) is 2.09. The van der Waals surface area contributed by atoms with Crippen molar-refractivity contribution in [2.24, 2.45) is 5.41 Å². The molecule has 1 aromatic heterocycles.